The van der Waals surface area contributed by atoms with Crippen molar-refractivity contribution in [1.29, 1.82) is 0 Å². The molecule has 0 saturated carbocycles. The van der Waals surface area contributed by atoms with Gasteiger partial charge >= 0.3 is 0 Å². The zero-order valence-electron chi connectivity index (χ0n) is 10.7. The minimum atomic E-state index is 0.0570. The van der Waals surface area contributed by atoms with Crippen molar-refractivity contribution in [2.75, 3.05) is 38.6 Å². The van der Waals surface area contributed by atoms with Gasteiger partial charge in [-0.3, -0.25) is 9.78 Å². The van der Waals surface area contributed by atoms with E-state index in [-0.39, 0.29) is 5.91 Å². The van der Waals surface area contributed by atoms with Crippen molar-refractivity contribution in [3.05, 3.63) is 28.5 Å². The van der Waals surface area contributed by atoms with Gasteiger partial charge in [-0.2, -0.15) is 0 Å². The van der Waals surface area contributed by atoms with Crippen LogP contribution in [-0.2, 0) is 0 Å². The maximum Gasteiger partial charge on any atom is 0.255 e. The van der Waals surface area contributed by atoms with E-state index in [1.54, 1.807) is 12.4 Å². The Hall–Kier alpha value is -0.650. The van der Waals surface area contributed by atoms with Crippen LogP contribution < -0.4 is 0 Å². The van der Waals surface area contributed by atoms with Gasteiger partial charge in [0.05, 0.1) is 5.56 Å². The topological polar surface area (TPSA) is 36.4 Å². The first-order chi connectivity index (χ1) is 9.20. The SMILES string of the molecule is O=C(c1cncc(Br)c1)N1CCCN(CCCl)CC1. The fourth-order valence-electron chi connectivity index (χ4n) is 2.23. The van der Waals surface area contributed by atoms with Gasteiger partial charge in [-0.15, -0.1) is 11.6 Å². The zero-order valence-corrected chi connectivity index (χ0v) is 13.0. The molecule has 0 radical (unpaired) electrons. The average molecular weight is 347 g/mol. The van der Waals surface area contributed by atoms with Gasteiger partial charge in [-0.05, 0) is 35.0 Å². The molecule has 1 aliphatic rings. The van der Waals surface area contributed by atoms with E-state index >= 15 is 0 Å². The smallest absolute Gasteiger partial charge is 0.255 e. The lowest BCUT2D eigenvalue weighted by Gasteiger charge is -2.21. The summed E-state index contributed by atoms with van der Waals surface area (Å²) < 4.78 is 0.830. The number of amides is 1. The molecule has 0 bridgehead atoms. The molecule has 4 nitrogen and oxygen atoms in total. The predicted molar refractivity (Wildman–Crippen MR) is 79.6 cm³/mol. The summed E-state index contributed by atoms with van der Waals surface area (Å²) in [5, 5.41) is 0. The minimum Gasteiger partial charge on any atom is -0.337 e. The van der Waals surface area contributed by atoms with Gasteiger partial charge in [-0.1, -0.05) is 0 Å². The third-order valence-electron chi connectivity index (χ3n) is 3.23. The number of hydrogen-bond acceptors (Lipinski definition) is 3. The first-order valence-electron chi connectivity index (χ1n) is 6.39. The van der Waals surface area contributed by atoms with Gasteiger partial charge in [0.15, 0.2) is 0 Å². The summed E-state index contributed by atoms with van der Waals surface area (Å²) in [6, 6.07) is 1.82. The van der Waals surface area contributed by atoms with E-state index in [0.29, 0.717) is 11.4 Å². The summed E-state index contributed by atoms with van der Waals surface area (Å²) in [6.45, 7) is 4.33. The van der Waals surface area contributed by atoms with Gasteiger partial charge in [0.2, 0.25) is 0 Å². The van der Waals surface area contributed by atoms with Crippen LogP contribution in [-0.4, -0.2) is 59.3 Å². The Morgan fingerprint density at radius 2 is 2.16 bits per heavy atom. The number of alkyl halides is 1. The second kappa shape index (κ2) is 7.22. The Morgan fingerprint density at radius 1 is 1.32 bits per heavy atom. The maximum absolute atomic E-state index is 12.4. The van der Waals surface area contributed by atoms with E-state index in [9.17, 15) is 4.79 Å². The molecule has 1 saturated heterocycles. The number of carbonyl (C=O) groups is 1. The zero-order chi connectivity index (χ0) is 13.7. The van der Waals surface area contributed by atoms with Crippen molar-refractivity contribution < 1.29 is 4.79 Å². The molecule has 2 heterocycles. The molecule has 0 aromatic carbocycles. The molecule has 1 aromatic rings. The number of halogens is 2. The Morgan fingerprint density at radius 3 is 2.89 bits per heavy atom. The molecule has 1 fully saturated rings. The van der Waals surface area contributed by atoms with Crippen LogP contribution in [0.4, 0.5) is 0 Å². The van der Waals surface area contributed by atoms with E-state index in [1.165, 1.54) is 0 Å². The molecule has 0 atom stereocenters. The van der Waals surface area contributed by atoms with Crippen molar-refractivity contribution in [2.24, 2.45) is 0 Å². The lowest BCUT2D eigenvalue weighted by atomic mass is 10.2. The van der Waals surface area contributed by atoms with Gasteiger partial charge in [0.25, 0.3) is 5.91 Å². The van der Waals surface area contributed by atoms with Crippen LogP contribution in [0.1, 0.15) is 16.8 Å². The lowest BCUT2D eigenvalue weighted by Crippen LogP contribution is -2.35. The van der Waals surface area contributed by atoms with Crippen LogP contribution in [0.2, 0.25) is 0 Å². The molecule has 0 unspecified atom stereocenters. The third-order valence-corrected chi connectivity index (χ3v) is 3.83. The standard InChI is InChI=1S/C13H17BrClN3O/c14-12-8-11(9-16-10-12)13(19)18-4-1-3-17(5-2-15)6-7-18/h8-10H,1-7H2. The summed E-state index contributed by atoms with van der Waals surface area (Å²) in [4.78, 5) is 20.6. The molecule has 104 valence electrons. The van der Waals surface area contributed by atoms with E-state index in [0.717, 1.165) is 43.6 Å². The molecule has 19 heavy (non-hydrogen) atoms. The third kappa shape index (κ3) is 4.16. The number of hydrogen-bond donors (Lipinski definition) is 0. The molecule has 2 rings (SSSR count). The van der Waals surface area contributed by atoms with Gasteiger partial charge in [-0.25, -0.2) is 0 Å². The van der Waals surface area contributed by atoms with Crippen LogP contribution in [0, 0.1) is 0 Å². The first-order valence-corrected chi connectivity index (χ1v) is 7.71. The summed E-state index contributed by atoms with van der Waals surface area (Å²) in [5.74, 6) is 0.699. The van der Waals surface area contributed by atoms with Crippen LogP contribution in [0.3, 0.4) is 0 Å². The highest BCUT2D eigenvalue weighted by molar-refractivity contribution is 9.10. The molecule has 1 amide bonds. The Kier molecular flexibility index (Phi) is 5.60. The maximum atomic E-state index is 12.4. The predicted octanol–water partition coefficient (Wildman–Crippen LogP) is 2.23. The molecule has 1 aliphatic heterocycles. The molecule has 6 heteroatoms. The number of pyridine rings is 1. The van der Waals surface area contributed by atoms with Crippen molar-refractivity contribution >= 4 is 33.4 Å². The van der Waals surface area contributed by atoms with Crippen LogP contribution >= 0.6 is 27.5 Å². The molecular formula is C13H17BrClN3O. The summed E-state index contributed by atoms with van der Waals surface area (Å²) in [5.41, 5.74) is 0.639. The largest absolute Gasteiger partial charge is 0.337 e. The van der Waals surface area contributed by atoms with Gasteiger partial charge in [0.1, 0.15) is 0 Å². The average Bonchev–Trinajstić information content (AvgIpc) is 2.64. The lowest BCUT2D eigenvalue weighted by molar-refractivity contribution is 0.0761. The van der Waals surface area contributed by atoms with Crippen molar-refractivity contribution in [2.45, 2.75) is 6.42 Å². The number of carbonyl (C=O) groups excluding carboxylic acids is 1. The second-order valence-corrected chi connectivity index (χ2v) is 5.86. The van der Waals surface area contributed by atoms with E-state index in [4.69, 9.17) is 11.6 Å². The van der Waals surface area contributed by atoms with Crippen molar-refractivity contribution in [1.82, 2.24) is 14.8 Å². The van der Waals surface area contributed by atoms with Crippen LogP contribution in [0.15, 0.2) is 22.9 Å². The second-order valence-electron chi connectivity index (χ2n) is 4.57. The van der Waals surface area contributed by atoms with Gasteiger partial charge in [0, 0.05) is 48.9 Å². The molecule has 1 aromatic heterocycles. The van der Waals surface area contributed by atoms with Crippen molar-refractivity contribution in [3.63, 3.8) is 0 Å². The monoisotopic (exact) mass is 345 g/mol. The summed E-state index contributed by atoms with van der Waals surface area (Å²) in [7, 11) is 0. The molecule has 0 N–H and O–H groups in total. The first kappa shape index (κ1) is 14.8. The highest BCUT2D eigenvalue weighted by atomic mass is 79.9. The van der Waals surface area contributed by atoms with E-state index in [2.05, 4.69) is 25.8 Å². The number of rotatable bonds is 3. The Bertz CT molecular complexity index is 444. The van der Waals surface area contributed by atoms with Crippen molar-refractivity contribution in [3.8, 4) is 0 Å². The van der Waals surface area contributed by atoms with Crippen LogP contribution in [0.5, 0.6) is 0 Å². The highest BCUT2D eigenvalue weighted by Crippen LogP contribution is 2.13. The molecule has 0 spiro atoms. The summed E-state index contributed by atoms with van der Waals surface area (Å²) >= 11 is 9.11. The van der Waals surface area contributed by atoms with Crippen LogP contribution in [0.25, 0.3) is 0 Å². The Balaban J connectivity index is 2.00. The van der Waals surface area contributed by atoms with E-state index in [1.807, 2.05) is 11.0 Å². The minimum absolute atomic E-state index is 0.0570. The fourth-order valence-corrected chi connectivity index (χ4v) is 2.83. The molecule has 0 aliphatic carbocycles. The number of nitrogens with zero attached hydrogens (tertiary/aromatic N) is 3. The van der Waals surface area contributed by atoms with E-state index < -0.39 is 0 Å². The number of aromatic nitrogens is 1. The Labute approximate surface area is 126 Å². The quantitative estimate of drug-likeness (QED) is 0.788. The normalized spacial score (nSPS) is 17.3. The highest BCUT2D eigenvalue weighted by Gasteiger charge is 2.20. The van der Waals surface area contributed by atoms with Gasteiger partial charge < -0.3 is 9.80 Å². The fraction of sp³-hybridized carbons (Fsp3) is 0.538. The molecular weight excluding hydrogens is 330 g/mol. The summed E-state index contributed by atoms with van der Waals surface area (Å²) in [6.07, 6.45) is 4.29.